The molecule has 1 aliphatic rings. The van der Waals surface area contributed by atoms with Gasteiger partial charge in [0.25, 0.3) is 5.78 Å². The Hall–Kier alpha value is -7.15. The number of hydrogen-bond acceptors (Lipinski definition) is 4. The Morgan fingerprint density at radius 2 is 1.16 bits per heavy atom. The number of aromatic nitrogens is 5. The van der Waals surface area contributed by atoms with Gasteiger partial charge in [-0.05, 0) is 81.6 Å². The average molecular weight is 760 g/mol. The fourth-order valence-corrected chi connectivity index (χ4v) is 11.2. The molecule has 272 valence electrons. The molecule has 5 nitrogen and oxygen atoms in total. The quantitative estimate of drug-likeness (QED) is 0.180. The Labute approximate surface area is 337 Å². The van der Waals surface area contributed by atoms with Crippen LogP contribution in [0.5, 0.6) is 0 Å². The van der Waals surface area contributed by atoms with Crippen molar-refractivity contribution >= 4 is 80.8 Å². The van der Waals surface area contributed by atoms with Crippen molar-refractivity contribution in [3.63, 3.8) is 0 Å². The normalized spacial score (nSPS) is 13.5. The summed E-state index contributed by atoms with van der Waals surface area (Å²) >= 11 is 1.88. The summed E-state index contributed by atoms with van der Waals surface area (Å²) in [7, 11) is 0. The summed E-state index contributed by atoms with van der Waals surface area (Å²) in [5.74, 6) is 1.23. The summed E-state index contributed by atoms with van der Waals surface area (Å²) < 4.78 is 6.95. The predicted octanol–water partition coefficient (Wildman–Crippen LogP) is 13.5. The number of fused-ring (bicyclic) bond motifs is 16. The van der Waals surface area contributed by atoms with Gasteiger partial charge in [-0.15, -0.1) is 16.4 Å². The van der Waals surface area contributed by atoms with Crippen molar-refractivity contribution in [2.45, 2.75) is 19.3 Å². The van der Waals surface area contributed by atoms with E-state index >= 15 is 0 Å². The molecule has 6 heteroatoms. The molecule has 8 aromatic carbocycles. The SMILES string of the molecule is CC1(C)c2ccccc2-c2ccc(-c3nc4nc(-c5ccc(-n6c7ccccc7c7c8ccccc8c8c9ccccc9sc8c76)cc5)nn4c4ccccc34)cc21. The molecule has 0 bridgehead atoms. The number of benzene rings is 8. The second-order valence-corrected chi connectivity index (χ2v) is 17.1. The van der Waals surface area contributed by atoms with Crippen molar-refractivity contribution in [3.05, 3.63) is 175 Å². The van der Waals surface area contributed by atoms with Gasteiger partial charge in [-0.3, -0.25) is 0 Å². The highest BCUT2D eigenvalue weighted by Crippen LogP contribution is 2.50. The topological polar surface area (TPSA) is 48.0 Å². The van der Waals surface area contributed by atoms with E-state index in [2.05, 4.69) is 182 Å². The number of hydrogen-bond donors (Lipinski definition) is 0. The van der Waals surface area contributed by atoms with E-state index in [1.807, 2.05) is 15.9 Å². The molecule has 0 radical (unpaired) electrons. The van der Waals surface area contributed by atoms with Gasteiger partial charge in [0, 0.05) is 53.9 Å². The van der Waals surface area contributed by atoms with E-state index in [1.54, 1.807) is 0 Å². The molecular formula is C52H33N5S. The van der Waals surface area contributed by atoms with Crippen LogP contribution in [-0.2, 0) is 5.41 Å². The largest absolute Gasteiger partial charge is 0.308 e. The highest BCUT2D eigenvalue weighted by molar-refractivity contribution is 7.27. The lowest BCUT2D eigenvalue weighted by atomic mass is 9.82. The van der Waals surface area contributed by atoms with Crippen molar-refractivity contribution in [2.24, 2.45) is 0 Å². The van der Waals surface area contributed by atoms with Gasteiger partial charge < -0.3 is 4.57 Å². The first-order chi connectivity index (χ1) is 28.5. The molecule has 0 saturated heterocycles. The van der Waals surface area contributed by atoms with Crippen molar-refractivity contribution < 1.29 is 0 Å². The summed E-state index contributed by atoms with van der Waals surface area (Å²) in [5, 5.41) is 13.9. The first-order valence-electron chi connectivity index (χ1n) is 19.8. The van der Waals surface area contributed by atoms with Crippen LogP contribution < -0.4 is 0 Å². The molecule has 1 aliphatic carbocycles. The Kier molecular flexibility index (Phi) is 6.32. The minimum absolute atomic E-state index is 0.104. The van der Waals surface area contributed by atoms with E-state index in [-0.39, 0.29) is 5.41 Å². The summed E-state index contributed by atoms with van der Waals surface area (Å²) in [6.45, 7) is 4.64. The number of rotatable bonds is 3. The van der Waals surface area contributed by atoms with Gasteiger partial charge in [-0.25, -0.2) is 4.98 Å². The highest BCUT2D eigenvalue weighted by atomic mass is 32.1. The number of para-hydroxylation sites is 2. The molecule has 0 fully saturated rings. The minimum atomic E-state index is -0.104. The molecular weight excluding hydrogens is 727 g/mol. The summed E-state index contributed by atoms with van der Waals surface area (Å²) in [4.78, 5) is 10.3. The number of thiophene rings is 1. The molecule has 0 saturated carbocycles. The molecule has 13 rings (SSSR count). The van der Waals surface area contributed by atoms with E-state index in [4.69, 9.17) is 15.1 Å². The average Bonchev–Trinajstić information content (AvgIpc) is 4.03. The summed E-state index contributed by atoms with van der Waals surface area (Å²) in [6, 6.07) is 59.2. The van der Waals surface area contributed by atoms with Gasteiger partial charge in [-0.1, -0.05) is 129 Å². The van der Waals surface area contributed by atoms with Gasteiger partial charge in [0.1, 0.15) is 0 Å². The van der Waals surface area contributed by atoms with Gasteiger partial charge >= 0.3 is 0 Å². The monoisotopic (exact) mass is 759 g/mol. The van der Waals surface area contributed by atoms with Gasteiger partial charge in [0.15, 0.2) is 5.82 Å². The van der Waals surface area contributed by atoms with Crippen LogP contribution in [0.25, 0.3) is 109 Å². The van der Waals surface area contributed by atoms with Crippen molar-refractivity contribution in [1.29, 1.82) is 0 Å². The van der Waals surface area contributed by atoms with Crippen molar-refractivity contribution in [2.75, 3.05) is 0 Å². The maximum Gasteiger partial charge on any atom is 0.253 e. The van der Waals surface area contributed by atoms with Crippen LogP contribution in [0, 0.1) is 0 Å². The second-order valence-electron chi connectivity index (χ2n) is 16.0. The molecule has 4 heterocycles. The first-order valence-corrected chi connectivity index (χ1v) is 20.6. The van der Waals surface area contributed by atoms with Crippen LogP contribution in [0.1, 0.15) is 25.0 Å². The van der Waals surface area contributed by atoms with Crippen LogP contribution in [0.4, 0.5) is 0 Å². The van der Waals surface area contributed by atoms with Crippen LogP contribution in [0.15, 0.2) is 164 Å². The van der Waals surface area contributed by atoms with Crippen LogP contribution in [0.2, 0.25) is 0 Å². The van der Waals surface area contributed by atoms with Crippen LogP contribution in [-0.4, -0.2) is 24.1 Å². The third-order valence-corrected chi connectivity index (χ3v) is 13.8. The molecule has 58 heavy (non-hydrogen) atoms. The third kappa shape index (κ3) is 4.22. The number of nitrogens with zero attached hydrogens (tertiary/aromatic N) is 5. The van der Waals surface area contributed by atoms with E-state index in [1.165, 1.54) is 75.0 Å². The molecule has 0 atom stereocenters. The van der Waals surface area contributed by atoms with E-state index in [9.17, 15) is 0 Å². The summed E-state index contributed by atoms with van der Waals surface area (Å²) in [6.07, 6.45) is 0. The maximum atomic E-state index is 5.23. The van der Waals surface area contributed by atoms with E-state index < -0.39 is 0 Å². The molecule has 0 aliphatic heterocycles. The predicted molar refractivity (Wildman–Crippen MR) is 241 cm³/mol. The smallest absolute Gasteiger partial charge is 0.253 e. The Bertz CT molecular complexity index is 3720. The Morgan fingerprint density at radius 1 is 0.517 bits per heavy atom. The Morgan fingerprint density at radius 3 is 1.98 bits per heavy atom. The standard InChI is InChI=1S/C52H33N5S/c1-52(2)40-19-9-5-13-33(40)34-28-25-31(29-41(34)52)47-38-17-7-11-21-43(38)57-51(53-47)54-50(55-57)30-23-26-32(27-24-30)56-42-20-10-6-16-37(42)45-35-14-3-4-15-36(35)46-39-18-8-12-22-44(39)58-49(46)48(45)56/h3-29H,1-2H3. The lowest BCUT2D eigenvalue weighted by Crippen LogP contribution is -2.15. The van der Waals surface area contributed by atoms with Gasteiger partial charge in [0.05, 0.1) is 26.9 Å². The van der Waals surface area contributed by atoms with E-state index in [0.717, 1.165) is 33.4 Å². The first kappa shape index (κ1) is 32.0. The zero-order chi connectivity index (χ0) is 38.3. The minimum Gasteiger partial charge on any atom is -0.308 e. The second kappa shape index (κ2) is 11.5. The maximum absolute atomic E-state index is 5.23. The molecule has 0 N–H and O–H groups in total. The van der Waals surface area contributed by atoms with Gasteiger partial charge in [-0.2, -0.15) is 9.50 Å². The Balaban J connectivity index is 0.972. The van der Waals surface area contributed by atoms with Crippen molar-refractivity contribution in [1.82, 2.24) is 24.1 Å². The van der Waals surface area contributed by atoms with Crippen LogP contribution >= 0.6 is 11.3 Å². The lowest BCUT2D eigenvalue weighted by molar-refractivity contribution is 0.660. The summed E-state index contributed by atoms with van der Waals surface area (Å²) in [5.41, 5.74) is 12.6. The lowest BCUT2D eigenvalue weighted by Gasteiger charge is -2.22. The fraction of sp³-hybridized carbons (Fsp3) is 0.0577. The van der Waals surface area contributed by atoms with E-state index in [0.29, 0.717) is 11.6 Å². The van der Waals surface area contributed by atoms with Crippen LogP contribution in [0.3, 0.4) is 0 Å². The third-order valence-electron chi connectivity index (χ3n) is 12.6. The molecule has 0 spiro atoms. The highest BCUT2D eigenvalue weighted by Gasteiger charge is 2.35. The van der Waals surface area contributed by atoms with Gasteiger partial charge in [0.2, 0.25) is 0 Å². The molecule has 4 aromatic heterocycles. The molecule has 12 aromatic rings. The fourth-order valence-electron chi connectivity index (χ4n) is 9.90. The molecule has 0 amide bonds. The zero-order valence-electron chi connectivity index (χ0n) is 31.7. The molecule has 0 unspecified atom stereocenters. The van der Waals surface area contributed by atoms with Crippen molar-refractivity contribution in [3.8, 4) is 39.5 Å². The zero-order valence-corrected chi connectivity index (χ0v) is 32.5.